The van der Waals surface area contributed by atoms with E-state index in [1.807, 2.05) is 4.90 Å². The average Bonchev–Trinajstić information content (AvgIpc) is 3.75. The normalized spacial score (nSPS) is 16.0. The van der Waals surface area contributed by atoms with Gasteiger partial charge < -0.3 is 52.9 Å². The van der Waals surface area contributed by atoms with Gasteiger partial charge in [0.15, 0.2) is 23.2 Å². The van der Waals surface area contributed by atoms with Crippen LogP contribution in [0.2, 0.25) is 5.02 Å². The van der Waals surface area contributed by atoms with Crippen molar-refractivity contribution in [3.8, 4) is 17.1 Å². The summed E-state index contributed by atoms with van der Waals surface area (Å²) in [6.45, 7) is 8.52. The summed E-state index contributed by atoms with van der Waals surface area (Å²) in [4.78, 5) is 59.5. The number of benzene rings is 1. The van der Waals surface area contributed by atoms with E-state index in [1.54, 1.807) is 25.7 Å². The maximum atomic E-state index is 14.2. The molecule has 6 rings (SSSR count). The van der Waals surface area contributed by atoms with Crippen LogP contribution in [-0.2, 0) is 22.8 Å². The Morgan fingerprint density at radius 1 is 0.931 bits per heavy atom. The Kier molecular flexibility index (Phi) is 13.1. The van der Waals surface area contributed by atoms with Gasteiger partial charge in [-0.2, -0.15) is 18.3 Å². The van der Waals surface area contributed by atoms with Gasteiger partial charge in [-0.15, -0.1) is 10.2 Å². The third-order valence-electron chi connectivity index (χ3n) is 9.82. The quantitative estimate of drug-likeness (QED) is 0.208. The van der Waals surface area contributed by atoms with Crippen LogP contribution >= 0.6 is 11.6 Å². The number of ether oxygens (including phenoxy) is 1. The van der Waals surface area contributed by atoms with Gasteiger partial charge in [0.1, 0.15) is 5.60 Å². The first-order valence-electron chi connectivity index (χ1n) is 18.2. The molecule has 1 aromatic carbocycles. The number of carbonyl (C=O) groups is 4. The number of rotatable bonds is 7. The van der Waals surface area contributed by atoms with E-state index >= 15 is 0 Å². The lowest BCUT2D eigenvalue weighted by Gasteiger charge is -2.40. The molecular weight excluding hydrogens is 898 g/mol. The van der Waals surface area contributed by atoms with Crippen molar-refractivity contribution >= 4 is 46.9 Å². The van der Waals surface area contributed by atoms with Gasteiger partial charge >= 0.3 is 12.3 Å². The van der Waals surface area contributed by atoms with Crippen molar-refractivity contribution in [2.24, 2.45) is 13.0 Å². The molecule has 2 fully saturated rings. The topological polar surface area (TPSA) is 169 Å². The smallest absolute Gasteiger partial charge is 0.435 e. The molecule has 2 N–H and O–H groups in total. The Morgan fingerprint density at radius 3 is 2.17 bits per heavy atom. The van der Waals surface area contributed by atoms with Gasteiger partial charge in [-0.3, -0.25) is 19.7 Å². The Balaban J connectivity index is 0.00000641. The molecule has 0 bridgehead atoms. The van der Waals surface area contributed by atoms with Crippen molar-refractivity contribution in [1.82, 2.24) is 39.3 Å². The fourth-order valence-electron chi connectivity index (χ4n) is 6.71. The first kappa shape index (κ1) is 44.3. The summed E-state index contributed by atoms with van der Waals surface area (Å²) in [6.07, 6.45) is -1.79. The number of quaternary nitrogens is 1. The van der Waals surface area contributed by atoms with Crippen LogP contribution in [0, 0.1) is 5.92 Å². The lowest BCUT2D eigenvalue weighted by Crippen LogP contribution is -3.00. The van der Waals surface area contributed by atoms with Crippen molar-refractivity contribution in [2.45, 2.75) is 45.4 Å². The van der Waals surface area contributed by atoms with Crippen LogP contribution in [0.25, 0.3) is 17.1 Å². The summed E-state index contributed by atoms with van der Waals surface area (Å²) < 4.78 is 50.8. The lowest BCUT2D eigenvalue weighted by atomic mass is 9.94. The summed E-state index contributed by atoms with van der Waals surface area (Å²) >= 11 is 6.52. The highest BCUT2D eigenvalue weighted by molar-refractivity contribution is 6.34. The molecule has 0 aliphatic carbocycles. The van der Waals surface area contributed by atoms with E-state index in [-0.39, 0.29) is 86.7 Å². The Hall–Kier alpha value is -4.83. The van der Waals surface area contributed by atoms with Crippen molar-refractivity contribution < 1.29 is 65.5 Å². The number of hydrogen-bond acceptors (Lipinski definition) is 9. The molecule has 0 saturated carbocycles. The molecule has 5 heterocycles. The number of nitrogens with zero attached hydrogens (tertiary/aromatic N) is 9. The number of imidazole rings is 1. The van der Waals surface area contributed by atoms with Crippen LogP contribution in [0.4, 0.5) is 29.5 Å². The van der Waals surface area contributed by atoms with E-state index < -0.39 is 29.5 Å². The monoisotopic (exact) mass is 941 g/mol. The van der Waals surface area contributed by atoms with Gasteiger partial charge in [-0.05, 0) is 51.1 Å². The van der Waals surface area contributed by atoms with Crippen LogP contribution in [0.15, 0.2) is 42.7 Å². The van der Waals surface area contributed by atoms with E-state index in [9.17, 15) is 32.3 Å². The molecular formula is C37H44ClF3IN11O5. The Bertz CT molecular complexity index is 2170. The van der Waals surface area contributed by atoms with Gasteiger partial charge in [0.2, 0.25) is 5.91 Å². The number of carbonyl (C=O) groups excluding carboxylic acids is 4. The molecule has 0 unspecified atom stereocenters. The summed E-state index contributed by atoms with van der Waals surface area (Å²) in [5.41, 5.74) is -2.04. The number of nitrogens with one attached hydrogen (secondary N) is 2. The zero-order valence-electron chi connectivity index (χ0n) is 32.7. The largest absolute Gasteiger partial charge is 1.00 e. The first-order valence-corrected chi connectivity index (χ1v) is 18.6. The molecule has 2 saturated heterocycles. The fraction of sp³-hybridized carbons (Fsp3) is 0.459. The molecule has 21 heteroatoms. The molecule has 2 aliphatic heterocycles. The number of piperazine rings is 1. The second kappa shape index (κ2) is 17.2. The van der Waals surface area contributed by atoms with Gasteiger partial charge in [-0.1, -0.05) is 11.6 Å². The minimum absolute atomic E-state index is 0. The van der Waals surface area contributed by atoms with E-state index in [0.29, 0.717) is 26.2 Å². The van der Waals surface area contributed by atoms with Crippen LogP contribution < -0.4 is 34.6 Å². The molecule has 4 aromatic rings. The van der Waals surface area contributed by atoms with E-state index in [0.717, 1.165) is 47.5 Å². The molecule has 0 radical (unpaired) electrons. The van der Waals surface area contributed by atoms with Gasteiger partial charge in [0, 0.05) is 63.9 Å². The first-order chi connectivity index (χ1) is 26.7. The minimum atomic E-state index is -4.90. The minimum Gasteiger partial charge on any atom is -1.00 e. The lowest BCUT2D eigenvalue weighted by molar-refractivity contribution is -0.895. The molecule has 58 heavy (non-hydrogen) atoms. The number of amides is 4. The zero-order valence-corrected chi connectivity index (χ0v) is 35.6. The van der Waals surface area contributed by atoms with Crippen molar-refractivity contribution in [3.05, 3.63) is 64.8 Å². The standard InChI is InChI=1S/C37H43ClF3N11O5.HI/c1-36(2,3)57-35(56)44-28-9-10-29(46-45-28)51-21-25(30(47-51)37(39,40)41)27-20-42-31(48(27)4)32(53)43-23-7-8-24(26(38)19-23)34(55)50-15-13-49(14-16-50)33(54)22-11-17-52(5,6)18-12-22;/h7-10,19-22H,11-18H2,1-6H3,(H-,43,44,45,53,55,56);1H. The summed E-state index contributed by atoms with van der Waals surface area (Å²) in [7, 11) is 5.71. The number of likely N-dealkylation sites (tertiary alicyclic amines) is 1. The Labute approximate surface area is 354 Å². The van der Waals surface area contributed by atoms with E-state index in [2.05, 4.69) is 45.0 Å². The van der Waals surface area contributed by atoms with Crippen LogP contribution in [0.3, 0.4) is 0 Å². The maximum Gasteiger partial charge on any atom is 0.435 e. The van der Waals surface area contributed by atoms with Gasteiger partial charge in [-0.25, -0.2) is 14.5 Å². The molecule has 0 spiro atoms. The van der Waals surface area contributed by atoms with Gasteiger partial charge in [0.25, 0.3) is 11.8 Å². The van der Waals surface area contributed by atoms with Crippen LogP contribution in [0.5, 0.6) is 0 Å². The van der Waals surface area contributed by atoms with E-state index in [4.69, 9.17) is 16.3 Å². The zero-order chi connectivity index (χ0) is 41.4. The average molecular weight is 942 g/mol. The second-order valence-electron chi connectivity index (χ2n) is 15.7. The number of halogens is 5. The van der Waals surface area contributed by atoms with Crippen molar-refractivity contribution in [3.63, 3.8) is 0 Å². The molecule has 4 amide bonds. The maximum absolute atomic E-state index is 14.2. The predicted molar refractivity (Wildman–Crippen MR) is 203 cm³/mol. The third kappa shape index (κ3) is 10.2. The molecule has 3 aromatic heterocycles. The van der Waals surface area contributed by atoms with Crippen LogP contribution in [-0.4, -0.2) is 127 Å². The van der Waals surface area contributed by atoms with Crippen LogP contribution in [0.1, 0.15) is 60.3 Å². The number of hydrogen-bond donors (Lipinski definition) is 2. The van der Waals surface area contributed by atoms with Crippen molar-refractivity contribution in [1.29, 1.82) is 0 Å². The molecule has 2 aliphatic rings. The molecule has 312 valence electrons. The Morgan fingerprint density at radius 2 is 1.59 bits per heavy atom. The number of anilines is 2. The third-order valence-corrected chi connectivity index (χ3v) is 10.1. The second-order valence-corrected chi connectivity index (χ2v) is 16.1. The summed E-state index contributed by atoms with van der Waals surface area (Å²) in [5, 5.41) is 16.5. The highest BCUT2D eigenvalue weighted by Gasteiger charge is 2.39. The van der Waals surface area contributed by atoms with Crippen molar-refractivity contribution in [2.75, 3.05) is 64.0 Å². The number of piperidine rings is 1. The highest BCUT2D eigenvalue weighted by Crippen LogP contribution is 2.37. The molecule has 0 atom stereocenters. The summed E-state index contributed by atoms with van der Waals surface area (Å²) in [6, 6.07) is 7.01. The SMILES string of the molecule is Cn1c(-c2cn(-c3ccc(NC(=O)OC(C)(C)C)nn3)nc2C(F)(F)F)cnc1C(=O)Nc1ccc(C(=O)N2CCN(C(=O)C3CC[N+](C)(C)CC3)CC2)c(Cl)c1.[I-]. The number of aromatic nitrogens is 6. The summed E-state index contributed by atoms with van der Waals surface area (Å²) in [5.74, 6) is -1.21. The highest BCUT2D eigenvalue weighted by atomic mass is 127. The molecule has 16 nitrogen and oxygen atoms in total. The fourth-order valence-corrected chi connectivity index (χ4v) is 6.97. The van der Waals surface area contributed by atoms with E-state index in [1.165, 1.54) is 41.9 Å². The predicted octanol–water partition coefficient (Wildman–Crippen LogP) is 2.11. The number of alkyl halides is 3. The van der Waals surface area contributed by atoms with Gasteiger partial charge in [0.05, 0.1) is 55.2 Å².